The number of rotatable bonds is 10. The first-order valence-corrected chi connectivity index (χ1v) is 8.31. The molecule has 12 heteroatoms. The number of hydrogen-bond donors (Lipinski definition) is 7. The number of carbonyl (C=O) groups is 4. The molecule has 0 spiro atoms. The van der Waals surface area contributed by atoms with Crippen LogP contribution in [0.15, 0.2) is 12.5 Å². The van der Waals surface area contributed by atoms with Crippen molar-refractivity contribution in [1.29, 1.82) is 0 Å². The van der Waals surface area contributed by atoms with Crippen LogP contribution in [-0.2, 0) is 25.6 Å². The fourth-order valence-corrected chi connectivity index (χ4v) is 2.11. The summed E-state index contributed by atoms with van der Waals surface area (Å²) in [5.41, 5.74) is 6.44. The Kier molecular flexibility index (Phi) is 8.58. The van der Waals surface area contributed by atoms with Crippen molar-refractivity contribution in [3.8, 4) is 0 Å². The van der Waals surface area contributed by atoms with E-state index in [2.05, 4.69) is 38.5 Å². The van der Waals surface area contributed by atoms with Crippen molar-refractivity contribution >= 4 is 36.3 Å². The number of nitrogens with two attached hydrogens (primary N) is 1. The zero-order chi connectivity index (χ0) is 19.7. The summed E-state index contributed by atoms with van der Waals surface area (Å²) in [4.78, 5) is 52.9. The minimum absolute atomic E-state index is 0.0876. The van der Waals surface area contributed by atoms with Gasteiger partial charge in [-0.2, -0.15) is 12.6 Å². The predicted octanol–water partition coefficient (Wildman–Crippen LogP) is -2.60. The SMILES string of the molecule is CC(NC(=O)C(N)Cc1cnc[nH]1)C(=O)NCC(=O)NC(CS)C(=O)O. The number of H-pyrrole nitrogens is 1. The van der Waals surface area contributed by atoms with E-state index in [4.69, 9.17) is 10.8 Å². The number of carboxylic acid groups (broad SMARTS) is 1. The van der Waals surface area contributed by atoms with Gasteiger partial charge in [0.25, 0.3) is 0 Å². The van der Waals surface area contributed by atoms with Crippen LogP contribution in [-0.4, -0.2) is 69.2 Å². The Hall–Kier alpha value is -2.60. The Morgan fingerprint density at radius 1 is 1.31 bits per heavy atom. The standard InChI is InChI=1S/C14H22N6O5S/c1-7(19-13(23)9(15)2-8-3-16-6-18-8)12(22)17-4-11(21)20-10(5-26)14(24)25/h3,6-7,9-10,26H,2,4-5,15H2,1H3,(H,16,18)(H,17,22)(H,19,23)(H,20,21)(H,24,25). The number of thiol groups is 1. The lowest BCUT2D eigenvalue weighted by molar-refractivity contribution is -0.141. The van der Waals surface area contributed by atoms with E-state index in [0.717, 1.165) is 0 Å². The third-order valence-corrected chi connectivity index (χ3v) is 3.69. The number of aromatic nitrogens is 2. The average Bonchev–Trinajstić information content (AvgIpc) is 3.09. The molecular formula is C14H22N6O5S. The number of carbonyl (C=O) groups excluding carboxylic acids is 3. The number of aliphatic carboxylic acids is 1. The average molecular weight is 386 g/mol. The third-order valence-electron chi connectivity index (χ3n) is 3.32. The molecule has 0 radical (unpaired) electrons. The van der Waals surface area contributed by atoms with Gasteiger partial charge in [-0.05, 0) is 6.92 Å². The highest BCUT2D eigenvalue weighted by atomic mass is 32.1. The van der Waals surface area contributed by atoms with Crippen LogP contribution in [0, 0.1) is 0 Å². The number of nitrogens with zero attached hydrogens (tertiary/aromatic N) is 1. The molecule has 1 rings (SSSR count). The van der Waals surface area contributed by atoms with E-state index >= 15 is 0 Å². The Morgan fingerprint density at radius 2 is 2.00 bits per heavy atom. The van der Waals surface area contributed by atoms with Gasteiger partial charge in [-0.15, -0.1) is 0 Å². The quantitative estimate of drug-likeness (QED) is 0.215. The van der Waals surface area contributed by atoms with E-state index < -0.39 is 48.4 Å². The largest absolute Gasteiger partial charge is 0.480 e. The molecule has 3 amide bonds. The van der Waals surface area contributed by atoms with Gasteiger partial charge in [0, 0.05) is 24.1 Å². The summed E-state index contributed by atoms with van der Waals surface area (Å²) in [6.45, 7) is 0.999. The molecule has 3 atom stereocenters. The summed E-state index contributed by atoms with van der Waals surface area (Å²) in [5, 5.41) is 15.7. The summed E-state index contributed by atoms with van der Waals surface area (Å²) in [6.07, 6.45) is 3.23. The summed E-state index contributed by atoms with van der Waals surface area (Å²) < 4.78 is 0. The highest BCUT2D eigenvalue weighted by Gasteiger charge is 2.22. The first kappa shape index (κ1) is 21.4. The molecule has 1 aromatic heterocycles. The van der Waals surface area contributed by atoms with Crippen molar-refractivity contribution in [2.24, 2.45) is 5.73 Å². The number of imidazole rings is 1. The maximum atomic E-state index is 12.0. The summed E-state index contributed by atoms with van der Waals surface area (Å²) in [5.74, 6) is -3.15. The van der Waals surface area contributed by atoms with Crippen LogP contribution in [0.3, 0.4) is 0 Å². The smallest absolute Gasteiger partial charge is 0.327 e. The normalized spacial score (nSPS) is 14.0. The molecule has 0 aliphatic heterocycles. The fourth-order valence-electron chi connectivity index (χ4n) is 1.86. The molecule has 0 aliphatic carbocycles. The number of aromatic amines is 1. The zero-order valence-electron chi connectivity index (χ0n) is 14.1. The molecule has 7 N–H and O–H groups in total. The maximum absolute atomic E-state index is 12.0. The van der Waals surface area contributed by atoms with Crippen molar-refractivity contribution in [1.82, 2.24) is 25.9 Å². The van der Waals surface area contributed by atoms with Crippen molar-refractivity contribution in [3.63, 3.8) is 0 Å². The van der Waals surface area contributed by atoms with Gasteiger partial charge in [0.1, 0.15) is 12.1 Å². The second-order valence-corrected chi connectivity index (χ2v) is 5.84. The fraction of sp³-hybridized carbons (Fsp3) is 0.500. The van der Waals surface area contributed by atoms with Crippen molar-refractivity contribution in [3.05, 3.63) is 18.2 Å². The summed E-state index contributed by atoms with van der Waals surface area (Å²) in [7, 11) is 0. The van der Waals surface area contributed by atoms with Crippen LogP contribution in [0.2, 0.25) is 0 Å². The second kappa shape index (κ2) is 10.4. The summed E-state index contributed by atoms with van der Waals surface area (Å²) >= 11 is 3.81. The van der Waals surface area contributed by atoms with Crippen molar-refractivity contribution in [2.45, 2.75) is 31.5 Å². The van der Waals surface area contributed by atoms with Gasteiger partial charge in [-0.1, -0.05) is 0 Å². The number of hydrogen-bond acceptors (Lipinski definition) is 7. The van der Waals surface area contributed by atoms with E-state index in [1.54, 1.807) is 0 Å². The van der Waals surface area contributed by atoms with Crippen LogP contribution in [0.5, 0.6) is 0 Å². The number of amides is 3. The van der Waals surface area contributed by atoms with Crippen molar-refractivity contribution < 1.29 is 24.3 Å². The topological polar surface area (TPSA) is 179 Å². The van der Waals surface area contributed by atoms with Crippen LogP contribution in [0.1, 0.15) is 12.6 Å². The zero-order valence-corrected chi connectivity index (χ0v) is 15.0. The molecule has 3 unspecified atom stereocenters. The Bertz CT molecular complexity index is 638. The Morgan fingerprint density at radius 3 is 2.54 bits per heavy atom. The Balaban J connectivity index is 2.38. The monoisotopic (exact) mass is 386 g/mol. The van der Waals surface area contributed by atoms with Gasteiger partial charge in [0.15, 0.2) is 0 Å². The molecule has 0 saturated heterocycles. The molecular weight excluding hydrogens is 364 g/mol. The molecule has 144 valence electrons. The van der Waals surface area contributed by atoms with Crippen LogP contribution >= 0.6 is 12.6 Å². The molecule has 26 heavy (non-hydrogen) atoms. The lowest BCUT2D eigenvalue weighted by atomic mass is 10.1. The first-order chi connectivity index (χ1) is 12.2. The molecule has 0 aromatic carbocycles. The molecule has 0 bridgehead atoms. The molecule has 0 aliphatic rings. The van der Waals surface area contributed by atoms with Crippen molar-refractivity contribution in [2.75, 3.05) is 12.3 Å². The van der Waals surface area contributed by atoms with E-state index in [1.807, 2.05) is 0 Å². The lowest BCUT2D eigenvalue weighted by Crippen LogP contribution is -2.52. The first-order valence-electron chi connectivity index (χ1n) is 7.68. The number of carboxylic acids is 1. The highest BCUT2D eigenvalue weighted by molar-refractivity contribution is 7.80. The minimum atomic E-state index is -1.23. The van der Waals surface area contributed by atoms with Crippen LogP contribution in [0.25, 0.3) is 0 Å². The third kappa shape index (κ3) is 7.11. The molecule has 1 aromatic rings. The van der Waals surface area contributed by atoms with E-state index in [1.165, 1.54) is 19.4 Å². The van der Waals surface area contributed by atoms with Gasteiger partial charge in [-0.25, -0.2) is 9.78 Å². The van der Waals surface area contributed by atoms with E-state index in [-0.39, 0.29) is 12.2 Å². The lowest BCUT2D eigenvalue weighted by Gasteiger charge is -2.17. The van der Waals surface area contributed by atoms with E-state index in [0.29, 0.717) is 5.69 Å². The van der Waals surface area contributed by atoms with Gasteiger partial charge >= 0.3 is 5.97 Å². The van der Waals surface area contributed by atoms with Crippen LogP contribution < -0.4 is 21.7 Å². The molecule has 0 fully saturated rings. The highest BCUT2D eigenvalue weighted by Crippen LogP contribution is 1.97. The van der Waals surface area contributed by atoms with Gasteiger partial charge in [-0.3, -0.25) is 14.4 Å². The predicted molar refractivity (Wildman–Crippen MR) is 94.3 cm³/mol. The molecule has 11 nitrogen and oxygen atoms in total. The maximum Gasteiger partial charge on any atom is 0.327 e. The van der Waals surface area contributed by atoms with Gasteiger partial charge < -0.3 is 31.8 Å². The summed E-state index contributed by atoms with van der Waals surface area (Å²) in [6, 6.07) is -2.95. The van der Waals surface area contributed by atoms with E-state index in [9.17, 15) is 19.2 Å². The van der Waals surface area contributed by atoms with Crippen LogP contribution in [0.4, 0.5) is 0 Å². The van der Waals surface area contributed by atoms with Gasteiger partial charge in [0.05, 0.1) is 18.9 Å². The minimum Gasteiger partial charge on any atom is -0.480 e. The van der Waals surface area contributed by atoms with Gasteiger partial charge in [0.2, 0.25) is 17.7 Å². The number of nitrogens with one attached hydrogen (secondary N) is 4. The molecule has 0 saturated carbocycles. The second-order valence-electron chi connectivity index (χ2n) is 5.48. The Labute approximate surface area is 154 Å². The molecule has 1 heterocycles.